The molecule has 0 bridgehead atoms. The van der Waals surface area contributed by atoms with Crippen molar-refractivity contribution in [2.24, 2.45) is 0 Å². The van der Waals surface area contributed by atoms with Gasteiger partial charge in [0.05, 0.1) is 18.0 Å². The fourth-order valence-electron chi connectivity index (χ4n) is 2.64. The lowest BCUT2D eigenvalue weighted by Gasteiger charge is -1.99. The minimum atomic E-state index is -0.255. The monoisotopic (exact) mass is 281 g/mol. The van der Waals surface area contributed by atoms with Crippen molar-refractivity contribution in [3.8, 4) is 11.5 Å². The number of fused-ring (bicyclic) bond motifs is 5. The SMILES string of the molecule is COc1ccc2oc3c4ccc(O)cc4[nH]c(=O)c3c2c1. The van der Waals surface area contributed by atoms with E-state index in [4.69, 9.17) is 9.15 Å². The van der Waals surface area contributed by atoms with Crippen LogP contribution in [0.25, 0.3) is 32.8 Å². The molecule has 0 atom stereocenters. The number of hydrogen-bond donors (Lipinski definition) is 2. The van der Waals surface area contributed by atoms with E-state index in [1.54, 1.807) is 37.4 Å². The lowest BCUT2D eigenvalue weighted by atomic mass is 10.1. The number of nitrogens with one attached hydrogen (secondary N) is 1. The number of aromatic nitrogens is 1. The third-order valence-corrected chi connectivity index (χ3v) is 3.62. The Labute approximate surface area is 118 Å². The Morgan fingerprint density at radius 2 is 2.00 bits per heavy atom. The van der Waals surface area contributed by atoms with Crippen molar-refractivity contribution in [2.45, 2.75) is 0 Å². The molecule has 0 radical (unpaired) electrons. The topological polar surface area (TPSA) is 75.5 Å². The molecule has 0 saturated carbocycles. The van der Waals surface area contributed by atoms with Gasteiger partial charge in [-0.25, -0.2) is 0 Å². The minimum absolute atomic E-state index is 0.0929. The van der Waals surface area contributed by atoms with E-state index in [9.17, 15) is 9.90 Å². The number of rotatable bonds is 1. The van der Waals surface area contributed by atoms with E-state index >= 15 is 0 Å². The number of furan rings is 1. The average Bonchev–Trinajstić information content (AvgIpc) is 2.85. The molecule has 104 valence electrons. The van der Waals surface area contributed by atoms with Gasteiger partial charge in [0.25, 0.3) is 5.56 Å². The van der Waals surface area contributed by atoms with E-state index in [-0.39, 0.29) is 11.3 Å². The van der Waals surface area contributed by atoms with E-state index < -0.39 is 0 Å². The van der Waals surface area contributed by atoms with Crippen LogP contribution >= 0.6 is 0 Å². The molecule has 0 aliphatic rings. The van der Waals surface area contributed by atoms with Crippen LogP contribution in [-0.4, -0.2) is 17.2 Å². The van der Waals surface area contributed by atoms with E-state index in [1.807, 2.05) is 0 Å². The highest BCUT2D eigenvalue weighted by Gasteiger charge is 2.15. The van der Waals surface area contributed by atoms with E-state index in [0.717, 1.165) is 5.39 Å². The predicted octanol–water partition coefficient (Wildman–Crippen LogP) is 3.14. The molecule has 4 rings (SSSR count). The van der Waals surface area contributed by atoms with Gasteiger partial charge in [0.1, 0.15) is 22.7 Å². The third-order valence-electron chi connectivity index (χ3n) is 3.62. The molecule has 2 heterocycles. The molecule has 2 aromatic heterocycles. The van der Waals surface area contributed by atoms with Crippen LogP contribution < -0.4 is 10.3 Å². The molecule has 2 aromatic carbocycles. The molecule has 0 fully saturated rings. The number of benzene rings is 2. The van der Waals surface area contributed by atoms with E-state index in [1.165, 1.54) is 6.07 Å². The summed E-state index contributed by atoms with van der Waals surface area (Å²) in [5.41, 5.74) is 1.42. The second kappa shape index (κ2) is 4.02. The summed E-state index contributed by atoms with van der Waals surface area (Å²) in [5.74, 6) is 0.755. The van der Waals surface area contributed by atoms with Gasteiger partial charge in [-0.05, 0) is 30.3 Å². The number of phenolic OH excluding ortho intramolecular Hbond substituents is 1. The number of pyridine rings is 1. The molecule has 0 spiro atoms. The molecular formula is C16H11NO4. The van der Waals surface area contributed by atoms with Crippen molar-refractivity contribution in [2.75, 3.05) is 7.11 Å². The highest BCUT2D eigenvalue weighted by molar-refractivity contribution is 6.13. The smallest absolute Gasteiger partial charge is 0.260 e. The van der Waals surface area contributed by atoms with Crippen LogP contribution in [0.15, 0.2) is 45.6 Å². The second-order valence-electron chi connectivity index (χ2n) is 4.85. The summed E-state index contributed by atoms with van der Waals surface area (Å²) in [6.45, 7) is 0. The standard InChI is InChI=1S/C16H11NO4/c1-20-9-3-5-13-11(7-9)14-15(21-13)10-4-2-8(18)6-12(10)17-16(14)19/h2-7,18H,1H3,(H,17,19). The van der Waals surface area contributed by atoms with Gasteiger partial charge < -0.3 is 19.2 Å². The summed E-state index contributed by atoms with van der Waals surface area (Å²) < 4.78 is 11.0. The molecule has 0 aliphatic heterocycles. The Morgan fingerprint density at radius 1 is 1.14 bits per heavy atom. The molecule has 0 unspecified atom stereocenters. The van der Waals surface area contributed by atoms with Crippen molar-refractivity contribution in [1.82, 2.24) is 4.98 Å². The molecule has 4 aromatic rings. The van der Waals surface area contributed by atoms with Crippen LogP contribution in [0.4, 0.5) is 0 Å². The van der Waals surface area contributed by atoms with Crippen LogP contribution in [0, 0.1) is 0 Å². The van der Waals surface area contributed by atoms with Gasteiger partial charge in [0.2, 0.25) is 0 Å². The fraction of sp³-hybridized carbons (Fsp3) is 0.0625. The Morgan fingerprint density at radius 3 is 2.81 bits per heavy atom. The first-order chi connectivity index (χ1) is 10.2. The first-order valence-corrected chi connectivity index (χ1v) is 6.42. The van der Waals surface area contributed by atoms with E-state index in [2.05, 4.69) is 4.98 Å². The number of phenols is 1. The quantitative estimate of drug-likeness (QED) is 0.562. The summed E-state index contributed by atoms with van der Waals surface area (Å²) in [6.07, 6.45) is 0. The van der Waals surface area contributed by atoms with Crippen molar-refractivity contribution in [3.05, 3.63) is 46.8 Å². The summed E-state index contributed by atoms with van der Waals surface area (Å²) in [6, 6.07) is 10.1. The van der Waals surface area contributed by atoms with Crippen molar-refractivity contribution in [3.63, 3.8) is 0 Å². The molecular weight excluding hydrogens is 270 g/mol. The number of aromatic hydroxyl groups is 1. The number of H-pyrrole nitrogens is 1. The summed E-state index contributed by atoms with van der Waals surface area (Å²) >= 11 is 0. The van der Waals surface area contributed by atoms with Gasteiger partial charge in [0.15, 0.2) is 0 Å². The molecule has 2 N–H and O–H groups in total. The highest BCUT2D eigenvalue weighted by Crippen LogP contribution is 2.33. The first kappa shape index (κ1) is 11.8. The number of aromatic amines is 1. The Balaban J connectivity index is 2.26. The number of hydrogen-bond acceptors (Lipinski definition) is 4. The minimum Gasteiger partial charge on any atom is -0.508 e. The lowest BCUT2D eigenvalue weighted by molar-refractivity contribution is 0.415. The Kier molecular flexibility index (Phi) is 2.27. The molecule has 0 aliphatic carbocycles. The Hall–Kier alpha value is -2.95. The van der Waals surface area contributed by atoms with Gasteiger partial charge in [-0.15, -0.1) is 0 Å². The predicted molar refractivity (Wildman–Crippen MR) is 80.1 cm³/mol. The maximum absolute atomic E-state index is 12.3. The number of ether oxygens (including phenoxy) is 1. The molecule has 5 heteroatoms. The van der Waals surface area contributed by atoms with Crippen molar-refractivity contribution < 1.29 is 14.3 Å². The maximum Gasteiger partial charge on any atom is 0.260 e. The summed E-state index contributed by atoms with van der Waals surface area (Å²) in [7, 11) is 1.58. The Bertz CT molecular complexity index is 1060. The van der Waals surface area contributed by atoms with E-state index in [0.29, 0.717) is 33.2 Å². The van der Waals surface area contributed by atoms with Crippen LogP contribution in [-0.2, 0) is 0 Å². The zero-order valence-electron chi connectivity index (χ0n) is 11.1. The molecule has 5 nitrogen and oxygen atoms in total. The summed E-state index contributed by atoms with van der Waals surface area (Å²) in [4.78, 5) is 15.1. The third kappa shape index (κ3) is 1.61. The van der Waals surface area contributed by atoms with Gasteiger partial charge in [-0.2, -0.15) is 0 Å². The molecule has 0 amide bonds. The fourth-order valence-corrected chi connectivity index (χ4v) is 2.64. The zero-order valence-corrected chi connectivity index (χ0v) is 11.1. The van der Waals surface area contributed by atoms with Crippen LogP contribution in [0.2, 0.25) is 0 Å². The highest BCUT2D eigenvalue weighted by atomic mass is 16.5. The van der Waals surface area contributed by atoms with Crippen LogP contribution in [0.3, 0.4) is 0 Å². The van der Waals surface area contributed by atoms with Crippen LogP contribution in [0.1, 0.15) is 0 Å². The van der Waals surface area contributed by atoms with Gasteiger partial charge in [-0.1, -0.05) is 0 Å². The lowest BCUT2D eigenvalue weighted by Crippen LogP contribution is -2.05. The van der Waals surface area contributed by atoms with Crippen molar-refractivity contribution in [1.29, 1.82) is 0 Å². The number of methoxy groups -OCH3 is 1. The zero-order chi connectivity index (χ0) is 14.6. The first-order valence-electron chi connectivity index (χ1n) is 6.42. The molecule has 21 heavy (non-hydrogen) atoms. The van der Waals surface area contributed by atoms with Crippen molar-refractivity contribution >= 4 is 32.8 Å². The normalized spacial score (nSPS) is 11.5. The van der Waals surface area contributed by atoms with Crippen LogP contribution in [0.5, 0.6) is 11.5 Å². The summed E-state index contributed by atoms with van der Waals surface area (Å²) in [5, 5.41) is 11.5. The maximum atomic E-state index is 12.3. The van der Waals surface area contributed by atoms with Gasteiger partial charge in [-0.3, -0.25) is 4.79 Å². The average molecular weight is 281 g/mol. The molecule has 0 saturated heterocycles. The van der Waals surface area contributed by atoms with Gasteiger partial charge >= 0.3 is 0 Å². The largest absolute Gasteiger partial charge is 0.508 e. The van der Waals surface area contributed by atoms with Gasteiger partial charge in [0, 0.05) is 16.8 Å². The second-order valence-corrected chi connectivity index (χ2v) is 4.85.